The predicted molar refractivity (Wildman–Crippen MR) is 43.5 cm³/mol. The van der Waals surface area contributed by atoms with Crippen LogP contribution in [0.25, 0.3) is 0 Å². The fourth-order valence-electron chi connectivity index (χ4n) is 0.753. The average Bonchev–Trinajstić information content (AvgIpc) is 2.38. The van der Waals surface area contributed by atoms with Crippen LogP contribution in [-0.4, -0.2) is 19.2 Å². The lowest BCUT2D eigenvalue weighted by molar-refractivity contribution is 0.176. The van der Waals surface area contributed by atoms with E-state index in [0.29, 0.717) is 13.2 Å². The first-order valence-electron chi connectivity index (χ1n) is 3.28. The van der Waals surface area contributed by atoms with Crippen LogP contribution in [0.15, 0.2) is 5.38 Å². The first-order valence-corrected chi connectivity index (χ1v) is 4.16. The summed E-state index contributed by atoms with van der Waals surface area (Å²) in [5, 5.41) is 2.98. The molecule has 0 saturated heterocycles. The van der Waals surface area contributed by atoms with Crippen molar-refractivity contribution in [1.82, 2.24) is 4.98 Å². The molecule has 1 heterocycles. The van der Waals surface area contributed by atoms with Gasteiger partial charge < -0.3 is 9.47 Å². The van der Waals surface area contributed by atoms with E-state index in [1.165, 1.54) is 0 Å². The molecule has 0 fully saturated rings. The number of nitrogens with zero attached hydrogens (tertiary/aromatic N) is 1. The van der Waals surface area contributed by atoms with E-state index in [9.17, 15) is 0 Å². The maximum Gasteiger partial charge on any atom is 0.119 e. The highest BCUT2D eigenvalue weighted by molar-refractivity contribution is 7.09. The Morgan fingerprint density at radius 3 is 2.73 bits per heavy atom. The standard InChI is InChI=1S/C7H11NO2S/c1-9-3-6-5-11-7(8-6)4-10-2/h5H,3-4H2,1-2H3. The molecule has 62 valence electrons. The maximum absolute atomic E-state index is 4.93. The molecule has 0 amide bonds. The van der Waals surface area contributed by atoms with E-state index in [-0.39, 0.29) is 0 Å². The van der Waals surface area contributed by atoms with E-state index < -0.39 is 0 Å². The molecule has 11 heavy (non-hydrogen) atoms. The summed E-state index contributed by atoms with van der Waals surface area (Å²) in [6.07, 6.45) is 0. The molecular weight excluding hydrogens is 162 g/mol. The summed E-state index contributed by atoms with van der Waals surface area (Å²) in [7, 11) is 3.33. The summed E-state index contributed by atoms with van der Waals surface area (Å²) in [6, 6.07) is 0. The maximum atomic E-state index is 4.93. The second kappa shape index (κ2) is 4.43. The van der Waals surface area contributed by atoms with Crippen LogP contribution in [0.5, 0.6) is 0 Å². The van der Waals surface area contributed by atoms with Gasteiger partial charge in [-0.05, 0) is 0 Å². The molecule has 0 N–H and O–H groups in total. The number of aromatic nitrogens is 1. The summed E-state index contributed by atoms with van der Waals surface area (Å²) in [6.45, 7) is 1.18. The number of ether oxygens (including phenoxy) is 2. The molecule has 1 rings (SSSR count). The van der Waals surface area contributed by atoms with E-state index in [2.05, 4.69) is 4.98 Å². The first kappa shape index (κ1) is 8.64. The van der Waals surface area contributed by atoms with E-state index in [0.717, 1.165) is 10.7 Å². The Labute approximate surface area is 70.0 Å². The van der Waals surface area contributed by atoms with Crippen molar-refractivity contribution >= 4 is 11.3 Å². The minimum atomic E-state index is 0.584. The smallest absolute Gasteiger partial charge is 0.119 e. The van der Waals surface area contributed by atoms with Crippen LogP contribution in [-0.2, 0) is 22.7 Å². The normalized spacial score (nSPS) is 10.4. The molecule has 1 aromatic heterocycles. The lowest BCUT2D eigenvalue weighted by atomic mass is 10.5. The van der Waals surface area contributed by atoms with Gasteiger partial charge in [0.2, 0.25) is 0 Å². The Bertz CT molecular complexity index is 191. The average molecular weight is 173 g/mol. The zero-order valence-corrected chi connectivity index (χ0v) is 7.48. The van der Waals surface area contributed by atoms with Crippen molar-refractivity contribution in [2.24, 2.45) is 0 Å². The highest BCUT2D eigenvalue weighted by Gasteiger charge is 1.99. The Morgan fingerprint density at radius 2 is 2.09 bits per heavy atom. The Hall–Kier alpha value is -0.450. The van der Waals surface area contributed by atoms with Crippen molar-refractivity contribution in [3.63, 3.8) is 0 Å². The van der Waals surface area contributed by atoms with Crippen LogP contribution in [0.3, 0.4) is 0 Å². The van der Waals surface area contributed by atoms with Gasteiger partial charge in [0.05, 0.1) is 18.9 Å². The molecule has 0 aliphatic carbocycles. The van der Waals surface area contributed by atoms with Crippen LogP contribution in [0.4, 0.5) is 0 Å². The molecule has 0 aliphatic heterocycles. The van der Waals surface area contributed by atoms with E-state index in [4.69, 9.17) is 9.47 Å². The Morgan fingerprint density at radius 1 is 1.36 bits per heavy atom. The van der Waals surface area contributed by atoms with Crippen molar-refractivity contribution in [3.05, 3.63) is 16.1 Å². The van der Waals surface area contributed by atoms with Crippen LogP contribution < -0.4 is 0 Å². The van der Waals surface area contributed by atoms with Crippen molar-refractivity contribution in [2.75, 3.05) is 14.2 Å². The van der Waals surface area contributed by atoms with Gasteiger partial charge in [-0.2, -0.15) is 0 Å². The zero-order valence-electron chi connectivity index (χ0n) is 6.66. The summed E-state index contributed by atoms with van der Waals surface area (Å²) >= 11 is 1.60. The van der Waals surface area contributed by atoms with E-state index in [1.54, 1.807) is 25.6 Å². The van der Waals surface area contributed by atoms with E-state index in [1.807, 2.05) is 5.38 Å². The van der Waals surface area contributed by atoms with Crippen LogP contribution in [0.1, 0.15) is 10.7 Å². The molecule has 0 spiro atoms. The van der Waals surface area contributed by atoms with Gasteiger partial charge in [0.1, 0.15) is 5.01 Å². The molecule has 0 atom stereocenters. The summed E-state index contributed by atoms with van der Waals surface area (Å²) < 4.78 is 9.85. The lowest BCUT2D eigenvalue weighted by Gasteiger charge is -1.91. The first-order chi connectivity index (χ1) is 5.36. The number of rotatable bonds is 4. The molecule has 1 aromatic rings. The van der Waals surface area contributed by atoms with Crippen LogP contribution in [0.2, 0.25) is 0 Å². The second-order valence-corrected chi connectivity index (χ2v) is 3.04. The van der Waals surface area contributed by atoms with Gasteiger partial charge in [0.15, 0.2) is 0 Å². The molecular formula is C7H11NO2S. The minimum Gasteiger partial charge on any atom is -0.378 e. The number of hydrogen-bond donors (Lipinski definition) is 0. The molecule has 0 saturated carbocycles. The van der Waals surface area contributed by atoms with Gasteiger partial charge in [0.25, 0.3) is 0 Å². The molecule has 0 bridgehead atoms. The third kappa shape index (κ3) is 2.57. The van der Waals surface area contributed by atoms with Gasteiger partial charge >= 0.3 is 0 Å². The van der Waals surface area contributed by atoms with Gasteiger partial charge in [-0.3, -0.25) is 0 Å². The number of hydrogen-bond acceptors (Lipinski definition) is 4. The van der Waals surface area contributed by atoms with Gasteiger partial charge in [-0.25, -0.2) is 4.98 Å². The topological polar surface area (TPSA) is 31.4 Å². The van der Waals surface area contributed by atoms with Gasteiger partial charge in [-0.1, -0.05) is 0 Å². The van der Waals surface area contributed by atoms with Crippen molar-refractivity contribution < 1.29 is 9.47 Å². The van der Waals surface area contributed by atoms with Gasteiger partial charge in [-0.15, -0.1) is 11.3 Å². The van der Waals surface area contributed by atoms with Gasteiger partial charge in [0, 0.05) is 19.6 Å². The molecule has 4 heteroatoms. The highest BCUT2D eigenvalue weighted by atomic mass is 32.1. The Kier molecular flexibility index (Phi) is 3.48. The predicted octanol–water partition coefficient (Wildman–Crippen LogP) is 1.44. The summed E-state index contributed by atoms with van der Waals surface area (Å²) in [5.41, 5.74) is 0.976. The largest absolute Gasteiger partial charge is 0.378 e. The molecule has 0 radical (unpaired) electrons. The van der Waals surface area contributed by atoms with E-state index >= 15 is 0 Å². The molecule has 0 unspecified atom stereocenters. The summed E-state index contributed by atoms with van der Waals surface area (Å²) in [5.74, 6) is 0. The molecule has 3 nitrogen and oxygen atoms in total. The molecule has 0 aliphatic rings. The number of thiazole rings is 1. The monoisotopic (exact) mass is 173 g/mol. The fourth-order valence-corrected chi connectivity index (χ4v) is 1.50. The van der Waals surface area contributed by atoms with Crippen molar-refractivity contribution in [3.8, 4) is 0 Å². The molecule has 0 aromatic carbocycles. The third-order valence-electron chi connectivity index (χ3n) is 1.16. The fraction of sp³-hybridized carbons (Fsp3) is 0.571. The third-order valence-corrected chi connectivity index (χ3v) is 2.03. The minimum absolute atomic E-state index is 0.584. The lowest BCUT2D eigenvalue weighted by Crippen LogP contribution is -1.90. The van der Waals surface area contributed by atoms with Crippen molar-refractivity contribution in [2.45, 2.75) is 13.2 Å². The second-order valence-electron chi connectivity index (χ2n) is 2.10. The van der Waals surface area contributed by atoms with Crippen molar-refractivity contribution in [1.29, 1.82) is 0 Å². The van der Waals surface area contributed by atoms with Crippen LogP contribution in [0, 0.1) is 0 Å². The SMILES string of the molecule is COCc1csc(COC)n1. The highest BCUT2D eigenvalue weighted by Crippen LogP contribution is 2.10. The quantitative estimate of drug-likeness (QED) is 0.690. The van der Waals surface area contributed by atoms with Crippen LogP contribution >= 0.6 is 11.3 Å². The number of methoxy groups -OCH3 is 2. The zero-order chi connectivity index (χ0) is 8.10. The Balaban J connectivity index is 2.51. The summed E-state index contributed by atoms with van der Waals surface area (Å²) in [4.78, 5) is 4.26.